The molecule has 1 unspecified atom stereocenters. The van der Waals surface area contributed by atoms with E-state index in [2.05, 4.69) is 29.5 Å². The molecule has 3 heteroatoms. The third kappa shape index (κ3) is 3.09. The van der Waals surface area contributed by atoms with Gasteiger partial charge in [-0.3, -0.25) is 4.79 Å². The summed E-state index contributed by atoms with van der Waals surface area (Å²) in [6, 6.07) is 9.78. The van der Waals surface area contributed by atoms with Gasteiger partial charge in [-0.25, -0.2) is 0 Å². The van der Waals surface area contributed by atoms with E-state index in [1.165, 1.54) is 0 Å². The molecule has 0 fully saturated rings. The SMILES string of the molecule is CC(I)CCCn1ccc2ccccc2c1=O. The summed E-state index contributed by atoms with van der Waals surface area (Å²) in [7, 11) is 0. The zero-order chi connectivity index (χ0) is 12.3. The van der Waals surface area contributed by atoms with Crippen molar-refractivity contribution >= 4 is 33.4 Å². The molecule has 0 spiro atoms. The van der Waals surface area contributed by atoms with Crippen molar-refractivity contribution in [2.24, 2.45) is 0 Å². The Morgan fingerprint density at radius 3 is 2.82 bits per heavy atom. The molecule has 1 atom stereocenters. The standard InChI is InChI=1S/C14H16INO/c1-11(15)5-4-9-16-10-8-12-6-2-3-7-13(12)14(16)17/h2-3,6-8,10-11H,4-5,9H2,1H3. The van der Waals surface area contributed by atoms with Gasteiger partial charge in [0.1, 0.15) is 0 Å². The number of rotatable bonds is 4. The Morgan fingerprint density at radius 1 is 1.29 bits per heavy atom. The molecule has 2 aromatic rings. The molecule has 1 aromatic heterocycles. The lowest BCUT2D eigenvalue weighted by atomic mass is 10.2. The highest BCUT2D eigenvalue weighted by atomic mass is 127. The first kappa shape index (κ1) is 12.6. The van der Waals surface area contributed by atoms with Crippen LogP contribution in [0.3, 0.4) is 0 Å². The summed E-state index contributed by atoms with van der Waals surface area (Å²) in [4.78, 5) is 12.2. The monoisotopic (exact) mass is 341 g/mol. The maximum atomic E-state index is 12.2. The molecule has 0 amide bonds. The Hall–Kier alpha value is -0.840. The molecule has 17 heavy (non-hydrogen) atoms. The molecule has 90 valence electrons. The number of aryl methyl sites for hydroxylation is 1. The van der Waals surface area contributed by atoms with Gasteiger partial charge >= 0.3 is 0 Å². The molecule has 2 nitrogen and oxygen atoms in total. The van der Waals surface area contributed by atoms with Crippen molar-refractivity contribution in [3.63, 3.8) is 0 Å². The van der Waals surface area contributed by atoms with E-state index < -0.39 is 0 Å². The van der Waals surface area contributed by atoms with Crippen LogP contribution < -0.4 is 5.56 Å². The van der Waals surface area contributed by atoms with Crippen molar-refractivity contribution in [3.05, 3.63) is 46.9 Å². The fourth-order valence-electron chi connectivity index (χ4n) is 1.95. The zero-order valence-electron chi connectivity index (χ0n) is 9.90. The largest absolute Gasteiger partial charge is 0.315 e. The highest BCUT2D eigenvalue weighted by Crippen LogP contribution is 2.10. The normalized spacial score (nSPS) is 12.8. The Labute approximate surface area is 115 Å². The number of pyridine rings is 1. The van der Waals surface area contributed by atoms with E-state index >= 15 is 0 Å². The van der Waals surface area contributed by atoms with Gasteiger partial charge in [0, 0.05) is 22.1 Å². The maximum absolute atomic E-state index is 12.2. The molecule has 0 aliphatic carbocycles. The number of nitrogens with zero attached hydrogens (tertiary/aromatic N) is 1. The fourth-order valence-corrected chi connectivity index (χ4v) is 2.39. The number of alkyl halides is 1. The second kappa shape index (κ2) is 5.67. The highest BCUT2D eigenvalue weighted by Gasteiger charge is 2.02. The second-order valence-electron chi connectivity index (χ2n) is 4.32. The van der Waals surface area contributed by atoms with Crippen LogP contribution in [0.25, 0.3) is 10.8 Å². The molecular formula is C14H16INO. The number of fused-ring (bicyclic) bond motifs is 1. The second-order valence-corrected chi connectivity index (χ2v) is 6.45. The van der Waals surface area contributed by atoms with E-state index in [0.29, 0.717) is 3.92 Å². The summed E-state index contributed by atoms with van der Waals surface area (Å²) in [5.74, 6) is 0. The van der Waals surface area contributed by atoms with Crippen molar-refractivity contribution in [1.82, 2.24) is 4.57 Å². The first-order valence-corrected chi connectivity index (χ1v) is 7.15. The number of benzene rings is 1. The Bertz CT molecular complexity index is 559. The van der Waals surface area contributed by atoms with E-state index in [4.69, 9.17) is 0 Å². The summed E-state index contributed by atoms with van der Waals surface area (Å²) >= 11 is 2.42. The maximum Gasteiger partial charge on any atom is 0.258 e. The lowest BCUT2D eigenvalue weighted by molar-refractivity contribution is 0.601. The summed E-state index contributed by atoms with van der Waals surface area (Å²) in [5.41, 5.74) is 0.129. The minimum absolute atomic E-state index is 0.129. The average molecular weight is 341 g/mol. The molecule has 0 N–H and O–H groups in total. The molecule has 0 saturated heterocycles. The first-order valence-electron chi connectivity index (χ1n) is 5.91. The zero-order valence-corrected chi connectivity index (χ0v) is 12.1. The summed E-state index contributed by atoms with van der Waals surface area (Å²) in [6.45, 7) is 3.01. The minimum atomic E-state index is 0.129. The van der Waals surface area contributed by atoms with Crippen LogP contribution in [0.15, 0.2) is 41.3 Å². The molecule has 1 heterocycles. The summed E-state index contributed by atoms with van der Waals surface area (Å²) in [5, 5.41) is 1.84. The quantitative estimate of drug-likeness (QED) is 0.615. The molecule has 1 aromatic carbocycles. The summed E-state index contributed by atoms with van der Waals surface area (Å²) in [6.07, 6.45) is 4.12. The highest BCUT2D eigenvalue weighted by molar-refractivity contribution is 14.1. The Kier molecular flexibility index (Phi) is 4.20. The van der Waals surface area contributed by atoms with Crippen LogP contribution in [-0.2, 0) is 6.54 Å². The third-order valence-electron chi connectivity index (χ3n) is 2.89. The van der Waals surface area contributed by atoms with E-state index in [9.17, 15) is 4.79 Å². The lowest BCUT2D eigenvalue weighted by Crippen LogP contribution is -2.19. The topological polar surface area (TPSA) is 22.0 Å². The molecule has 0 saturated carbocycles. The smallest absolute Gasteiger partial charge is 0.258 e. The van der Waals surface area contributed by atoms with Gasteiger partial charge in [0.2, 0.25) is 0 Å². The van der Waals surface area contributed by atoms with Gasteiger partial charge in [-0.15, -0.1) is 0 Å². The van der Waals surface area contributed by atoms with Crippen molar-refractivity contribution < 1.29 is 0 Å². The van der Waals surface area contributed by atoms with Crippen LogP contribution in [0.1, 0.15) is 19.8 Å². The van der Waals surface area contributed by atoms with Gasteiger partial charge in [0.15, 0.2) is 0 Å². The number of halogens is 1. The van der Waals surface area contributed by atoms with E-state index in [-0.39, 0.29) is 5.56 Å². The van der Waals surface area contributed by atoms with Gasteiger partial charge in [-0.1, -0.05) is 47.7 Å². The summed E-state index contributed by atoms with van der Waals surface area (Å²) < 4.78 is 2.49. The average Bonchev–Trinajstić information content (AvgIpc) is 2.32. The van der Waals surface area contributed by atoms with Crippen LogP contribution >= 0.6 is 22.6 Å². The van der Waals surface area contributed by atoms with E-state index in [0.717, 1.165) is 30.2 Å². The van der Waals surface area contributed by atoms with Gasteiger partial charge in [-0.05, 0) is 30.4 Å². The molecule has 0 radical (unpaired) electrons. The molecule has 0 aliphatic heterocycles. The molecule has 0 aliphatic rings. The van der Waals surface area contributed by atoms with E-state index in [1.54, 1.807) is 0 Å². The molecule has 2 rings (SSSR count). The molecular weight excluding hydrogens is 325 g/mol. The van der Waals surface area contributed by atoms with Crippen molar-refractivity contribution in [1.29, 1.82) is 0 Å². The van der Waals surface area contributed by atoms with Crippen LogP contribution in [0.4, 0.5) is 0 Å². The third-order valence-corrected chi connectivity index (χ3v) is 3.51. The number of aromatic nitrogens is 1. The van der Waals surface area contributed by atoms with Gasteiger partial charge in [0.25, 0.3) is 5.56 Å². The lowest BCUT2D eigenvalue weighted by Gasteiger charge is -2.08. The van der Waals surface area contributed by atoms with Gasteiger partial charge < -0.3 is 4.57 Å². The van der Waals surface area contributed by atoms with Crippen LogP contribution in [0.2, 0.25) is 0 Å². The van der Waals surface area contributed by atoms with Crippen molar-refractivity contribution in [3.8, 4) is 0 Å². The Balaban J connectivity index is 2.24. The van der Waals surface area contributed by atoms with Crippen molar-refractivity contribution in [2.75, 3.05) is 0 Å². The number of hydrogen-bond acceptors (Lipinski definition) is 1. The van der Waals surface area contributed by atoms with Crippen LogP contribution in [-0.4, -0.2) is 8.49 Å². The van der Waals surface area contributed by atoms with Crippen LogP contribution in [0.5, 0.6) is 0 Å². The fraction of sp³-hybridized carbons (Fsp3) is 0.357. The predicted octanol–water partition coefficient (Wildman–Crippen LogP) is 3.61. The predicted molar refractivity (Wildman–Crippen MR) is 80.9 cm³/mol. The first-order chi connectivity index (χ1) is 8.18. The Morgan fingerprint density at radius 2 is 2.06 bits per heavy atom. The van der Waals surface area contributed by atoms with E-state index in [1.807, 2.05) is 41.1 Å². The number of hydrogen-bond donors (Lipinski definition) is 0. The molecule has 0 bridgehead atoms. The van der Waals surface area contributed by atoms with Gasteiger partial charge in [-0.2, -0.15) is 0 Å². The van der Waals surface area contributed by atoms with Crippen molar-refractivity contribution in [2.45, 2.75) is 30.2 Å². The van der Waals surface area contributed by atoms with Gasteiger partial charge in [0.05, 0.1) is 0 Å². The van der Waals surface area contributed by atoms with Crippen LogP contribution in [0, 0.1) is 0 Å². The minimum Gasteiger partial charge on any atom is -0.315 e.